The number of unbranched alkanes of at least 4 members (excludes halogenated alkanes) is 4. The lowest BCUT2D eigenvalue weighted by Crippen LogP contribution is -2.49. The van der Waals surface area contributed by atoms with E-state index >= 15 is 0 Å². The van der Waals surface area contributed by atoms with Gasteiger partial charge < -0.3 is 26.4 Å². The molecule has 0 rings (SSSR count). The Balaban J connectivity index is 4.29. The number of alkyl carbamates (subject to hydrolysis) is 1. The van der Waals surface area contributed by atoms with Crippen LogP contribution >= 0.6 is 0 Å². The van der Waals surface area contributed by atoms with Crippen molar-refractivity contribution in [2.24, 2.45) is 5.73 Å². The molecule has 0 fully saturated rings. The molecule has 0 bridgehead atoms. The van der Waals surface area contributed by atoms with Crippen molar-refractivity contribution < 1.29 is 23.9 Å². The van der Waals surface area contributed by atoms with E-state index in [-0.39, 0.29) is 25.4 Å². The van der Waals surface area contributed by atoms with Gasteiger partial charge in [0.2, 0.25) is 17.7 Å². The zero-order valence-corrected chi connectivity index (χ0v) is 17.6. The van der Waals surface area contributed by atoms with Crippen LogP contribution in [0.5, 0.6) is 0 Å². The average molecular weight is 401 g/mol. The fraction of sp³-hybridized carbons (Fsp3) is 0.789. The van der Waals surface area contributed by atoms with Gasteiger partial charge in [0, 0.05) is 19.5 Å². The van der Waals surface area contributed by atoms with E-state index in [1.807, 2.05) is 0 Å². The largest absolute Gasteiger partial charge is 0.444 e. The molecule has 28 heavy (non-hydrogen) atoms. The Hall–Kier alpha value is -2.32. The van der Waals surface area contributed by atoms with Crippen molar-refractivity contribution in [2.75, 3.05) is 13.1 Å². The van der Waals surface area contributed by atoms with Crippen LogP contribution in [0.25, 0.3) is 0 Å². The van der Waals surface area contributed by atoms with Crippen LogP contribution in [0.2, 0.25) is 0 Å². The number of nitrogens with two attached hydrogens (primary N) is 1. The first kappa shape index (κ1) is 25.7. The highest BCUT2D eigenvalue weighted by atomic mass is 16.6. The third-order valence-corrected chi connectivity index (χ3v) is 3.66. The van der Waals surface area contributed by atoms with Gasteiger partial charge in [-0.05, 0) is 27.2 Å². The quantitative estimate of drug-likeness (QED) is 0.346. The Morgan fingerprint density at radius 2 is 1.57 bits per heavy atom. The van der Waals surface area contributed by atoms with E-state index in [4.69, 9.17) is 10.5 Å². The van der Waals surface area contributed by atoms with Crippen LogP contribution in [0.1, 0.15) is 72.6 Å². The summed E-state index contributed by atoms with van der Waals surface area (Å²) in [5, 5.41) is 7.62. The second-order valence-electron chi connectivity index (χ2n) is 7.67. The molecule has 0 saturated carbocycles. The van der Waals surface area contributed by atoms with Crippen molar-refractivity contribution >= 4 is 23.8 Å². The van der Waals surface area contributed by atoms with E-state index in [1.54, 1.807) is 20.8 Å². The second kappa shape index (κ2) is 13.8. The third-order valence-electron chi connectivity index (χ3n) is 3.66. The molecule has 4 amide bonds. The Bertz CT molecular complexity index is 517. The fourth-order valence-electron chi connectivity index (χ4n) is 2.35. The molecule has 0 aromatic heterocycles. The van der Waals surface area contributed by atoms with Crippen molar-refractivity contribution in [3.63, 3.8) is 0 Å². The molecule has 9 heteroatoms. The summed E-state index contributed by atoms with van der Waals surface area (Å²) in [6.45, 7) is 7.62. The molecular weight excluding hydrogens is 364 g/mol. The maximum atomic E-state index is 12.2. The summed E-state index contributed by atoms with van der Waals surface area (Å²) in [7, 11) is 0. The predicted molar refractivity (Wildman–Crippen MR) is 106 cm³/mol. The fourth-order valence-corrected chi connectivity index (χ4v) is 2.35. The molecule has 0 aliphatic heterocycles. The van der Waals surface area contributed by atoms with Gasteiger partial charge in [0.05, 0.1) is 6.42 Å². The number of hydrogen-bond donors (Lipinski definition) is 4. The predicted octanol–water partition coefficient (Wildman–Crippen LogP) is 1.35. The molecule has 0 aromatic carbocycles. The summed E-state index contributed by atoms with van der Waals surface area (Å²) in [5.74, 6) is -1.50. The van der Waals surface area contributed by atoms with E-state index in [2.05, 4.69) is 22.9 Å². The van der Waals surface area contributed by atoms with Crippen LogP contribution in [0.4, 0.5) is 4.79 Å². The van der Waals surface area contributed by atoms with Gasteiger partial charge in [-0.15, -0.1) is 0 Å². The van der Waals surface area contributed by atoms with Gasteiger partial charge in [0.25, 0.3) is 0 Å². The molecule has 0 spiro atoms. The Labute approximate surface area is 167 Å². The lowest BCUT2D eigenvalue weighted by atomic mass is 10.1. The third kappa shape index (κ3) is 14.8. The molecular formula is C19H36N4O5. The van der Waals surface area contributed by atoms with Crippen LogP contribution in [-0.2, 0) is 19.1 Å². The Morgan fingerprint density at radius 1 is 0.964 bits per heavy atom. The van der Waals surface area contributed by atoms with E-state index in [1.165, 1.54) is 0 Å². The maximum Gasteiger partial charge on any atom is 0.407 e. The monoisotopic (exact) mass is 400 g/mol. The highest BCUT2D eigenvalue weighted by molar-refractivity contribution is 5.91. The second-order valence-corrected chi connectivity index (χ2v) is 7.67. The molecule has 162 valence electrons. The van der Waals surface area contributed by atoms with Gasteiger partial charge in [-0.25, -0.2) is 4.79 Å². The molecule has 0 heterocycles. The SMILES string of the molecule is CCCCCCCC(=O)N[C@H](CC(N)=O)C(=O)NCCNC(=O)OC(C)(C)C. The highest BCUT2D eigenvalue weighted by Crippen LogP contribution is 2.06. The zero-order valence-electron chi connectivity index (χ0n) is 17.6. The van der Waals surface area contributed by atoms with E-state index in [9.17, 15) is 19.2 Å². The zero-order chi connectivity index (χ0) is 21.6. The van der Waals surface area contributed by atoms with Crippen molar-refractivity contribution in [3.05, 3.63) is 0 Å². The molecule has 0 aliphatic rings. The summed E-state index contributed by atoms with van der Waals surface area (Å²) >= 11 is 0. The number of amides is 4. The normalized spacial score (nSPS) is 12.0. The minimum Gasteiger partial charge on any atom is -0.444 e. The van der Waals surface area contributed by atoms with Crippen LogP contribution in [0.3, 0.4) is 0 Å². The van der Waals surface area contributed by atoms with Gasteiger partial charge in [0.1, 0.15) is 11.6 Å². The van der Waals surface area contributed by atoms with E-state index < -0.39 is 29.6 Å². The lowest BCUT2D eigenvalue weighted by molar-refractivity contribution is -0.131. The van der Waals surface area contributed by atoms with Crippen molar-refractivity contribution in [1.29, 1.82) is 0 Å². The van der Waals surface area contributed by atoms with E-state index in [0.29, 0.717) is 6.42 Å². The number of carbonyl (C=O) groups is 4. The first-order chi connectivity index (χ1) is 13.0. The minimum atomic E-state index is -1.03. The molecule has 0 aromatic rings. The number of nitrogens with one attached hydrogen (secondary N) is 3. The molecule has 0 unspecified atom stereocenters. The van der Waals surface area contributed by atoms with Crippen molar-refractivity contribution in [1.82, 2.24) is 16.0 Å². The van der Waals surface area contributed by atoms with Crippen LogP contribution < -0.4 is 21.7 Å². The number of ether oxygens (including phenoxy) is 1. The Kier molecular flexibility index (Phi) is 12.6. The first-order valence-corrected chi connectivity index (χ1v) is 9.87. The maximum absolute atomic E-state index is 12.2. The number of rotatable bonds is 13. The summed E-state index contributed by atoms with van der Waals surface area (Å²) < 4.78 is 5.08. The van der Waals surface area contributed by atoms with Gasteiger partial charge >= 0.3 is 6.09 Å². The lowest BCUT2D eigenvalue weighted by Gasteiger charge is -2.20. The standard InChI is InChI=1S/C19H36N4O5/c1-5-6-7-8-9-10-16(25)23-14(13-15(20)24)17(26)21-11-12-22-18(27)28-19(2,3)4/h14H,5-13H2,1-4H3,(H2,20,24)(H,21,26)(H,22,27)(H,23,25)/t14-/m1/s1. The molecule has 9 nitrogen and oxygen atoms in total. The summed E-state index contributed by atoms with van der Waals surface area (Å²) in [4.78, 5) is 47.0. The molecule has 0 radical (unpaired) electrons. The van der Waals surface area contributed by atoms with Crippen molar-refractivity contribution in [2.45, 2.75) is 84.3 Å². The minimum absolute atomic E-state index is 0.125. The molecule has 5 N–H and O–H groups in total. The molecule has 0 aliphatic carbocycles. The summed E-state index contributed by atoms with van der Waals surface area (Å²) in [5.41, 5.74) is 4.56. The van der Waals surface area contributed by atoms with Crippen LogP contribution in [0.15, 0.2) is 0 Å². The molecule has 1 atom stereocenters. The van der Waals surface area contributed by atoms with Gasteiger partial charge in [-0.3, -0.25) is 14.4 Å². The number of carbonyl (C=O) groups excluding carboxylic acids is 4. The van der Waals surface area contributed by atoms with Gasteiger partial charge in [0.15, 0.2) is 0 Å². The van der Waals surface area contributed by atoms with Crippen LogP contribution in [0, 0.1) is 0 Å². The van der Waals surface area contributed by atoms with Gasteiger partial charge in [-0.1, -0.05) is 32.6 Å². The number of hydrogen-bond acceptors (Lipinski definition) is 5. The smallest absolute Gasteiger partial charge is 0.407 e. The topological polar surface area (TPSA) is 140 Å². The van der Waals surface area contributed by atoms with Crippen molar-refractivity contribution in [3.8, 4) is 0 Å². The van der Waals surface area contributed by atoms with E-state index in [0.717, 1.165) is 32.1 Å². The van der Waals surface area contributed by atoms with Gasteiger partial charge in [-0.2, -0.15) is 0 Å². The summed E-state index contributed by atoms with van der Waals surface area (Å²) in [6.07, 6.45) is 4.42. The Morgan fingerprint density at radius 3 is 2.14 bits per heavy atom. The van der Waals surface area contributed by atoms with Crippen LogP contribution in [-0.4, -0.2) is 48.5 Å². The number of primary amides is 1. The highest BCUT2D eigenvalue weighted by Gasteiger charge is 2.22. The molecule has 0 saturated heterocycles. The summed E-state index contributed by atoms with van der Waals surface area (Å²) in [6, 6.07) is -1.03. The average Bonchev–Trinajstić information content (AvgIpc) is 2.55. The first-order valence-electron chi connectivity index (χ1n) is 9.87.